The normalized spacial score (nSPS) is 15.6. The zero-order valence-corrected chi connectivity index (χ0v) is 24.8. The summed E-state index contributed by atoms with van der Waals surface area (Å²) in [5, 5.41) is 5.07. The maximum Gasteiger partial charge on any atom is 0.435 e. The van der Waals surface area contributed by atoms with Gasteiger partial charge in [-0.25, -0.2) is 24.5 Å². The van der Waals surface area contributed by atoms with Crippen molar-refractivity contribution in [2.75, 3.05) is 36.5 Å². The summed E-state index contributed by atoms with van der Waals surface area (Å²) in [6.07, 6.45) is 2.91. The second kappa shape index (κ2) is 11.0. The molecule has 1 atom stereocenters. The van der Waals surface area contributed by atoms with Gasteiger partial charge in [-0.2, -0.15) is 9.78 Å². The van der Waals surface area contributed by atoms with E-state index in [1.54, 1.807) is 30.6 Å². The number of rotatable bonds is 4. The van der Waals surface area contributed by atoms with Crippen molar-refractivity contribution in [3.63, 3.8) is 0 Å². The SMILES string of the molecule is COC(=O)c1ccc2nc(-c3ccc4c(cnn4C(=O)OC(C)(C)C)c3)c(N3CCN(c4ccccn4)CC3C)nc2c1. The fourth-order valence-electron chi connectivity index (χ4n) is 5.34. The molecule has 43 heavy (non-hydrogen) atoms. The zero-order valence-electron chi connectivity index (χ0n) is 24.8. The number of anilines is 2. The van der Waals surface area contributed by atoms with Crippen LogP contribution in [0.25, 0.3) is 33.2 Å². The van der Waals surface area contributed by atoms with E-state index in [0.29, 0.717) is 40.2 Å². The summed E-state index contributed by atoms with van der Waals surface area (Å²) in [4.78, 5) is 44.2. The molecule has 0 aliphatic carbocycles. The number of nitrogens with zero attached hydrogens (tertiary/aromatic N) is 7. The Morgan fingerprint density at radius 3 is 2.53 bits per heavy atom. The Kier molecular flexibility index (Phi) is 7.17. The third-order valence-electron chi connectivity index (χ3n) is 7.35. The summed E-state index contributed by atoms with van der Waals surface area (Å²) in [5.74, 6) is 1.22. The Bertz CT molecular complexity index is 1830. The number of carbonyl (C=O) groups excluding carboxylic acids is 2. The first-order valence-electron chi connectivity index (χ1n) is 14.2. The molecule has 1 aliphatic heterocycles. The van der Waals surface area contributed by atoms with E-state index >= 15 is 0 Å². The molecule has 2 aromatic carbocycles. The Morgan fingerprint density at radius 2 is 1.81 bits per heavy atom. The number of esters is 1. The molecule has 6 rings (SSSR count). The molecule has 0 bridgehead atoms. The molecule has 220 valence electrons. The van der Waals surface area contributed by atoms with Gasteiger partial charge in [0.15, 0.2) is 5.82 Å². The predicted octanol–water partition coefficient (Wildman–Crippen LogP) is 5.33. The molecule has 5 aromatic rings. The number of pyridine rings is 1. The molecule has 11 heteroatoms. The zero-order chi connectivity index (χ0) is 30.3. The van der Waals surface area contributed by atoms with Crippen LogP contribution in [0.4, 0.5) is 16.4 Å². The van der Waals surface area contributed by atoms with E-state index in [9.17, 15) is 9.59 Å². The van der Waals surface area contributed by atoms with E-state index in [2.05, 4.69) is 26.8 Å². The topological polar surface area (TPSA) is 116 Å². The van der Waals surface area contributed by atoms with Gasteiger partial charge in [0.25, 0.3) is 0 Å². The summed E-state index contributed by atoms with van der Waals surface area (Å²) in [7, 11) is 1.36. The van der Waals surface area contributed by atoms with Crippen LogP contribution in [0.15, 0.2) is 67.0 Å². The molecule has 1 aliphatic rings. The van der Waals surface area contributed by atoms with Crippen molar-refractivity contribution >= 4 is 45.6 Å². The summed E-state index contributed by atoms with van der Waals surface area (Å²) >= 11 is 0. The number of fused-ring (bicyclic) bond motifs is 2. The Hall–Kier alpha value is -5.06. The van der Waals surface area contributed by atoms with Crippen LogP contribution >= 0.6 is 0 Å². The maximum absolute atomic E-state index is 12.8. The fraction of sp³-hybridized carbons (Fsp3) is 0.312. The molecule has 0 N–H and O–H groups in total. The van der Waals surface area contributed by atoms with Crippen molar-refractivity contribution in [2.45, 2.75) is 39.3 Å². The highest BCUT2D eigenvalue weighted by Crippen LogP contribution is 2.34. The largest absolute Gasteiger partial charge is 0.465 e. The first-order chi connectivity index (χ1) is 20.6. The first kappa shape index (κ1) is 28.1. The van der Waals surface area contributed by atoms with Crippen LogP contribution < -0.4 is 9.80 Å². The standard InChI is InChI=1S/C32H33N7O4/c1-20-19-37(27-8-6-7-13-33-27)14-15-38(20)29-28(35-24-11-9-22(30(40)42-5)17-25(24)36-29)21-10-12-26-23(16-21)18-34-39(26)31(41)43-32(2,3)4/h6-13,16-18,20H,14-15,19H2,1-5H3. The van der Waals surface area contributed by atoms with Gasteiger partial charge in [0.2, 0.25) is 0 Å². The molecular formula is C32H33N7O4. The van der Waals surface area contributed by atoms with Crippen LogP contribution in [0.1, 0.15) is 38.1 Å². The predicted molar refractivity (Wildman–Crippen MR) is 164 cm³/mol. The van der Waals surface area contributed by atoms with Gasteiger partial charge in [0, 0.05) is 42.8 Å². The minimum atomic E-state index is -0.643. The summed E-state index contributed by atoms with van der Waals surface area (Å²) in [5.41, 5.74) is 3.17. The minimum absolute atomic E-state index is 0.0868. The van der Waals surface area contributed by atoms with Gasteiger partial charge in [-0.15, -0.1) is 0 Å². The van der Waals surface area contributed by atoms with E-state index in [0.717, 1.165) is 29.9 Å². The molecule has 1 unspecified atom stereocenters. The first-order valence-corrected chi connectivity index (χ1v) is 14.2. The lowest BCUT2D eigenvalue weighted by Gasteiger charge is -2.41. The Labute approximate surface area is 249 Å². The molecule has 1 fully saturated rings. The van der Waals surface area contributed by atoms with Crippen LogP contribution in [-0.4, -0.2) is 75.2 Å². The molecule has 3 aromatic heterocycles. The average molecular weight is 580 g/mol. The Morgan fingerprint density at radius 1 is 0.977 bits per heavy atom. The fourth-order valence-corrected chi connectivity index (χ4v) is 5.34. The quantitative estimate of drug-likeness (QED) is 0.259. The maximum atomic E-state index is 12.8. The van der Waals surface area contributed by atoms with Gasteiger partial charge in [-0.3, -0.25) is 0 Å². The third-order valence-corrected chi connectivity index (χ3v) is 7.35. The van der Waals surface area contributed by atoms with Crippen molar-refractivity contribution in [3.05, 3.63) is 72.6 Å². The van der Waals surface area contributed by atoms with Crippen LogP contribution in [0.3, 0.4) is 0 Å². The van der Waals surface area contributed by atoms with Crippen molar-refractivity contribution in [1.29, 1.82) is 0 Å². The van der Waals surface area contributed by atoms with E-state index in [4.69, 9.17) is 19.4 Å². The van der Waals surface area contributed by atoms with E-state index in [1.165, 1.54) is 11.8 Å². The molecule has 1 saturated heterocycles. The van der Waals surface area contributed by atoms with Gasteiger partial charge >= 0.3 is 12.1 Å². The number of ether oxygens (including phenoxy) is 2. The summed E-state index contributed by atoms with van der Waals surface area (Å²) in [6, 6.07) is 16.9. The van der Waals surface area contributed by atoms with Gasteiger partial charge in [-0.1, -0.05) is 12.1 Å². The second-order valence-electron chi connectivity index (χ2n) is 11.6. The molecule has 0 spiro atoms. The van der Waals surface area contributed by atoms with Crippen molar-refractivity contribution in [2.24, 2.45) is 0 Å². The highest BCUT2D eigenvalue weighted by atomic mass is 16.6. The molecule has 11 nitrogen and oxygen atoms in total. The number of piperazine rings is 1. The lowest BCUT2D eigenvalue weighted by atomic mass is 10.1. The Balaban J connectivity index is 1.42. The number of aromatic nitrogens is 5. The molecule has 0 radical (unpaired) electrons. The molecule has 0 saturated carbocycles. The second-order valence-corrected chi connectivity index (χ2v) is 11.6. The van der Waals surface area contributed by atoms with Crippen LogP contribution in [0.5, 0.6) is 0 Å². The van der Waals surface area contributed by atoms with Gasteiger partial charge in [-0.05, 0) is 70.2 Å². The number of benzene rings is 2. The van der Waals surface area contributed by atoms with Crippen LogP contribution in [0.2, 0.25) is 0 Å². The summed E-state index contributed by atoms with van der Waals surface area (Å²) < 4.78 is 11.7. The number of hydrogen-bond acceptors (Lipinski definition) is 10. The lowest BCUT2D eigenvalue weighted by Crippen LogP contribution is -2.52. The van der Waals surface area contributed by atoms with E-state index < -0.39 is 17.7 Å². The number of methoxy groups -OCH3 is 1. The highest BCUT2D eigenvalue weighted by Gasteiger charge is 2.29. The molecule has 4 heterocycles. The van der Waals surface area contributed by atoms with Gasteiger partial charge < -0.3 is 19.3 Å². The monoisotopic (exact) mass is 579 g/mol. The number of hydrogen-bond donors (Lipinski definition) is 0. The van der Waals surface area contributed by atoms with Crippen molar-refractivity contribution in [3.8, 4) is 11.3 Å². The van der Waals surface area contributed by atoms with Crippen molar-refractivity contribution < 1.29 is 19.1 Å². The highest BCUT2D eigenvalue weighted by molar-refractivity contribution is 5.95. The van der Waals surface area contributed by atoms with Crippen molar-refractivity contribution in [1.82, 2.24) is 24.7 Å². The third kappa shape index (κ3) is 5.57. The van der Waals surface area contributed by atoms with Crippen LogP contribution in [-0.2, 0) is 9.47 Å². The average Bonchev–Trinajstić information content (AvgIpc) is 3.43. The molecule has 0 amide bonds. The number of carbonyl (C=O) groups is 2. The lowest BCUT2D eigenvalue weighted by molar-refractivity contribution is 0.0521. The smallest absolute Gasteiger partial charge is 0.435 e. The van der Waals surface area contributed by atoms with Crippen LogP contribution in [0, 0.1) is 0 Å². The van der Waals surface area contributed by atoms with Gasteiger partial charge in [0.1, 0.15) is 17.1 Å². The molecular weight excluding hydrogens is 546 g/mol. The van der Waals surface area contributed by atoms with E-state index in [-0.39, 0.29) is 6.04 Å². The summed E-state index contributed by atoms with van der Waals surface area (Å²) in [6.45, 7) is 9.81. The van der Waals surface area contributed by atoms with Gasteiger partial charge in [0.05, 0.1) is 35.4 Å². The minimum Gasteiger partial charge on any atom is -0.465 e. The van der Waals surface area contributed by atoms with E-state index in [1.807, 2.05) is 57.2 Å².